The van der Waals surface area contributed by atoms with Crippen LogP contribution >= 0.6 is 0 Å². The molecule has 3 rings (SSSR count). The van der Waals surface area contributed by atoms with Gasteiger partial charge < -0.3 is 5.11 Å². The highest BCUT2D eigenvalue weighted by Crippen LogP contribution is 2.43. The second kappa shape index (κ2) is 7.80. The molecule has 0 fully saturated rings. The van der Waals surface area contributed by atoms with Crippen LogP contribution in [-0.2, 0) is 10.2 Å². The van der Waals surface area contributed by atoms with Crippen molar-refractivity contribution in [1.29, 1.82) is 0 Å². The maximum atomic E-state index is 11.1. The summed E-state index contributed by atoms with van der Waals surface area (Å²) in [4.78, 5) is 11.1. The van der Waals surface area contributed by atoms with Crippen molar-refractivity contribution in [2.24, 2.45) is 0 Å². The van der Waals surface area contributed by atoms with Gasteiger partial charge in [0.15, 0.2) is 0 Å². The van der Waals surface area contributed by atoms with E-state index in [2.05, 4.69) is 24.3 Å². The van der Waals surface area contributed by atoms with Gasteiger partial charge in [0.05, 0.1) is 1.37 Å². The fraction of sp³-hybridized carbons (Fsp3) is 0.174. The largest absolute Gasteiger partial charge is 0.481 e. The summed E-state index contributed by atoms with van der Waals surface area (Å²) in [6.07, 6.45) is 1.28. The Labute approximate surface area is 150 Å². The van der Waals surface area contributed by atoms with Crippen molar-refractivity contribution in [1.82, 2.24) is 0 Å². The number of benzene rings is 3. The molecule has 2 nitrogen and oxygen atoms in total. The topological polar surface area (TPSA) is 37.3 Å². The van der Waals surface area contributed by atoms with Gasteiger partial charge in [0.1, 0.15) is 0 Å². The van der Waals surface area contributed by atoms with Crippen molar-refractivity contribution >= 4 is 5.97 Å². The van der Waals surface area contributed by atoms with Crippen LogP contribution in [0.2, 0.25) is 0 Å². The zero-order chi connectivity index (χ0) is 18.4. The normalized spacial score (nSPS) is 11.8. The van der Waals surface area contributed by atoms with Gasteiger partial charge in [0, 0.05) is 11.8 Å². The Bertz CT molecular complexity index is 820. The Morgan fingerprint density at radius 3 is 1.76 bits per heavy atom. The monoisotopic (exact) mass is 331 g/mol. The van der Waals surface area contributed by atoms with Crippen molar-refractivity contribution in [3.05, 3.63) is 108 Å². The number of carboxylic acid groups (broad SMARTS) is 1. The maximum absolute atomic E-state index is 11.1. The minimum atomic E-state index is -0.792. The number of hydrogen-bond acceptors (Lipinski definition) is 1. The molecule has 0 radical (unpaired) electrons. The van der Waals surface area contributed by atoms with Gasteiger partial charge in [-0.2, -0.15) is 0 Å². The van der Waals surface area contributed by atoms with E-state index in [1.807, 2.05) is 54.6 Å². The van der Waals surface area contributed by atoms with E-state index in [1.54, 1.807) is 6.07 Å². The molecule has 0 atom stereocenters. The van der Waals surface area contributed by atoms with Gasteiger partial charge in [-0.1, -0.05) is 91.0 Å². The molecule has 0 saturated carbocycles. The van der Waals surface area contributed by atoms with Gasteiger partial charge in [-0.05, 0) is 29.5 Å². The van der Waals surface area contributed by atoms with Crippen LogP contribution in [0.5, 0.6) is 0 Å². The van der Waals surface area contributed by atoms with E-state index in [0.717, 1.165) is 16.7 Å². The second-order valence-electron chi connectivity index (χ2n) is 6.16. The molecular weight excluding hydrogens is 308 g/mol. The molecule has 0 spiro atoms. The van der Waals surface area contributed by atoms with Crippen LogP contribution in [0.4, 0.5) is 0 Å². The maximum Gasteiger partial charge on any atom is 0.303 e. The van der Waals surface area contributed by atoms with Crippen LogP contribution < -0.4 is 0 Å². The molecule has 25 heavy (non-hydrogen) atoms. The summed E-state index contributed by atoms with van der Waals surface area (Å²) in [6.45, 7) is 0. The lowest BCUT2D eigenvalue weighted by Gasteiger charge is -2.36. The molecule has 3 aromatic rings. The van der Waals surface area contributed by atoms with Gasteiger partial charge >= 0.3 is 5.97 Å². The van der Waals surface area contributed by atoms with E-state index in [4.69, 9.17) is 6.48 Å². The van der Waals surface area contributed by atoms with E-state index in [0.29, 0.717) is 18.9 Å². The third-order valence-electron chi connectivity index (χ3n) is 4.64. The first-order valence-corrected chi connectivity index (χ1v) is 8.53. The molecule has 0 aliphatic heterocycles. The number of rotatable bonds is 7. The van der Waals surface area contributed by atoms with Gasteiger partial charge in [-0.3, -0.25) is 4.79 Å². The van der Waals surface area contributed by atoms with Crippen molar-refractivity contribution in [3.8, 4) is 0 Å². The summed E-state index contributed by atoms with van der Waals surface area (Å²) in [5.74, 6) is -0.792. The molecule has 1 N–H and O–H groups in total. The molecule has 0 aliphatic carbocycles. The average molecular weight is 331 g/mol. The lowest BCUT2D eigenvalue weighted by molar-refractivity contribution is -0.137. The molecule has 0 unspecified atom stereocenters. The first-order chi connectivity index (χ1) is 12.6. The van der Waals surface area contributed by atoms with Crippen LogP contribution in [0.1, 0.15) is 37.3 Å². The Balaban J connectivity index is 2.24. The minimum Gasteiger partial charge on any atom is -0.481 e. The quantitative estimate of drug-likeness (QED) is 0.598. The second-order valence-corrected chi connectivity index (χ2v) is 6.16. The highest BCUT2D eigenvalue weighted by atomic mass is 16.4. The Morgan fingerprint density at radius 2 is 1.28 bits per heavy atom. The van der Waals surface area contributed by atoms with E-state index >= 15 is 0 Å². The summed E-state index contributed by atoms with van der Waals surface area (Å²) in [5.41, 5.74) is 2.52. The van der Waals surface area contributed by atoms with Gasteiger partial charge in [0.25, 0.3) is 0 Å². The number of aliphatic carboxylic acids is 1. The standard InChI is InChI=1S/C23H22O2/c24-22(25)17-10-18-23(19-11-4-1-5-12-19,20-13-6-2-7-14-20)21-15-8-3-9-16-21/h1-9,11-16H,10,17-18H2,(H,24,25)/i11D. The number of carboxylic acids is 1. The highest BCUT2D eigenvalue weighted by Gasteiger charge is 2.35. The molecule has 126 valence electrons. The molecule has 0 amide bonds. The van der Waals surface area contributed by atoms with Crippen molar-refractivity contribution in [2.75, 3.05) is 0 Å². The van der Waals surface area contributed by atoms with E-state index in [1.165, 1.54) is 0 Å². The SMILES string of the molecule is [2H]c1ccccc1C(CCCC(=O)O)(c1ccccc1)c1ccccc1. The first kappa shape index (κ1) is 15.6. The third-order valence-corrected chi connectivity index (χ3v) is 4.64. The Morgan fingerprint density at radius 1 is 0.800 bits per heavy atom. The zero-order valence-electron chi connectivity index (χ0n) is 15.1. The minimum absolute atomic E-state index is 0.113. The van der Waals surface area contributed by atoms with Crippen LogP contribution in [0, 0.1) is 0 Å². The molecule has 3 aromatic carbocycles. The fourth-order valence-corrected chi connectivity index (χ4v) is 3.51. The van der Waals surface area contributed by atoms with Crippen molar-refractivity contribution < 1.29 is 11.3 Å². The summed E-state index contributed by atoms with van der Waals surface area (Å²) in [5, 5.41) is 9.14. The summed E-state index contributed by atoms with van der Waals surface area (Å²) >= 11 is 0. The number of hydrogen-bond donors (Lipinski definition) is 1. The Kier molecular flexibility index (Phi) is 4.88. The first-order valence-electron chi connectivity index (χ1n) is 9.03. The summed E-state index contributed by atoms with van der Waals surface area (Å²) < 4.78 is 8.53. The van der Waals surface area contributed by atoms with E-state index in [-0.39, 0.29) is 6.42 Å². The van der Waals surface area contributed by atoms with E-state index in [9.17, 15) is 4.79 Å². The summed E-state index contributed by atoms with van der Waals surface area (Å²) in [7, 11) is 0. The average Bonchev–Trinajstić information content (AvgIpc) is 2.67. The molecular formula is C23H22O2. The lowest BCUT2D eigenvalue weighted by atomic mass is 9.66. The van der Waals surface area contributed by atoms with Gasteiger partial charge in [0.2, 0.25) is 0 Å². The van der Waals surface area contributed by atoms with Crippen LogP contribution in [0.3, 0.4) is 0 Å². The molecule has 2 heteroatoms. The van der Waals surface area contributed by atoms with Crippen LogP contribution in [0.25, 0.3) is 0 Å². The lowest BCUT2D eigenvalue weighted by Crippen LogP contribution is -2.29. The molecule has 0 aromatic heterocycles. The Hall–Kier alpha value is -2.87. The van der Waals surface area contributed by atoms with Crippen molar-refractivity contribution in [2.45, 2.75) is 24.7 Å². The van der Waals surface area contributed by atoms with Gasteiger partial charge in [-0.15, -0.1) is 0 Å². The van der Waals surface area contributed by atoms with E-state index < -0.39 is 11.4 Å². The summed E-state index contributed by atoms with van der Waals surface area (Å²) in [6, 6.07) is 28.3. The van der Waals surface area contributed by atoms with Crippen LogP contribution in [-0.4, -0.2) is 11.1 Å². The predicted molar refractivity (Wildman–Crippen MR) is 101 cm³/mol. The van der Waals surface area contributed by atoms with Crippen molar-refractivity contribution in [3.63, 3.8) is 0 Å². The zero-order valence-corrected chi connectivity index (χ0v) is 14.1. The fourth-order valence-electron chi connectivity index (χ4n) is 3.51. The third kappa shape index (κ3) is 3.63. The predicted octanol–water partition coefficient (Wildman–Crippen LogP) is 5.28. The number of carbonyl (C=O) groups is 1. The van der Waals surface area contributed by atoms with Gasteiger partial charge in [-0.25, -0.2) is 0 Å². The molecule has 0 aliphatic rings. The molecule has 0 heterocycles. The smallest absolute Gasteiger partial charge is 0.303 e. The molecule has 0 bridgehead atoms. The highest BCUT2D eigenvalue weighted by molar-refractivity contribution is 5.66. The molecule has 0 saturated heterocycles. The van der Waals surface area contributed by atoms with Crippen LogP contribution in [0.15, 0.2) is 91.0 Å².